The smallest absolute Gasteiger partial charge is 0.282 e. The number of benzene rings is 3. The highest BCUT2D eigenvalue weighted by Gasteiger charge is 2.26. The number of hydrogen-bond donors (Lipinski definition) is 0. The molecule has 33 heavy (non-hydrogen) atoms. The van der Waals surface area contributed by atoms with E-state index in [1.807, 2.05) is 60.7 Å². The molecule has 2 aromatic heterocycles. The molecule has 3 aromatic carbocycles. The molecule has 0 atom stereocenters. The number of amides is 1. The van der Waals surface area contributed by atoms with Gasteiger partial charge >= 0.3 is 0 Å². The van der Waals surface area contributed by atoms with E-state index in [2.05, 4.69) is 5.16 Å². The van der Waals surface area contributed by atoms with E-state index < -0.39 is 0 Å². The number of methoxy groups -OCH3 is 1. The number of ether oxygens (including phenoxy) is 1. The van der Waals surface area contributed by atoms with Crippen LogP contribution in [0.1, 0.15) is 16.1 Å². The summed E-state index contributed by atoms with van der Waals surface area (Å²) in [6, 6.07) is 24.4. The largest absolute Gasteiger partial charge is 0.494 e. The van der Waals surface area contributed by atoms with E-state index in [1.165, 1.54) is 11.3 Å². The Morgan fingerprint density at radius 1 is 1.06 bits per heavy atom. The monoisotopic (exact) mass is 475 g/mol. The highest BCUT2D eigenvalue weighted by Crippen LogP contribution is 2.39. The van der Waals surface area contributed by atoms with Crippen molar-refractivity contribution >= 4 is 44.2 Å². The maximum Gasteiger partial charge on any atom is 0.282 e. The summed E-state index contributed by atoms with van der Waals surface area (Å²) in [7, 11) is 1.58. The third-order valence-electron chi connectivity index (χ3n) is 5.11. The van der Waals surface area contributed by atoms with Crippen molar-refractivity contribution in [2.45, 2.75) is 6.54 Å². The maximum absolute atomic E-state index is 13.6. The zero-order valence-corrected chi connectivity index (χ0v) is 19.1. The van der Waals surface area contributed by atoms with Crippen LogP contribution in [0.2, 0.25) is 5.02 Å². The molecule has 0 aliphatic carbocycles. The third kappa shape index (κ3) is 4.20. The molecular weight excluding hydrogens is 458 g/mol. The number of hydrogen-bond acceptors (Lipinski definition) is 6. The number of rotatable bonds is 6. The summed E-state index contributed by atoms with van der Waals surface area (Å²) >= 11 is 7.75. The number of carbonyl (C=O) groups excluding carboxylic acids is 1. The van der Waals surface area contributed by atoms with E-state index in [0.717, 1.165) is 15.8 Å². The van der Waals surface area contributed by atoms with Crippen molar-refractivity contribution in [1.29, 1.82) is 0 Å². The number of nitrogens with zero attached hydrogens (tertiary/aromatic N) is 3. The Morgan fingerprint density at radius 2 is 1.79 bits per heavy atom. The molecule has 0 fully saturated rings. The zero-order valence-electron chi connectivity index (χ0n) is 17.6. The van der Waals surface area contributed by atoms with Gasteiger partial charge in [-0.05, 0) is 17.7 Å². The van der Waals surface area contributed by atoms with Gasteiger partial charge in [-0.3, -0.25) is 9.69 Å². The van der Waals surface area contributed by atoms with Crippen LogP contribution in [0.25, 0.3) is 21.5 Å². The van der Waals surface area contributed by atoms with Gasteiger partial charge in [0.25, 0.3) is 5.91 Å². The number of carbonyl (C=O) groups is 1. The molecule has 0 saturated carbocycles. The summed E-state index contributed by atoms with van der Waals surface area (Å²) in [5, 5.41) is 5.09. The molecule has 2 heterocycles. The van der Waals surface area contributed by atoms with Crippen LogP contribution in [-0.2, 0) is 6.54 Å². The molecule has 1 amide bonds. The summed E-state index contributed by atoms with van der Waals surface area (Å²) in [6.07, 6.45) is 0. The van der Waals surface area contributed by atoms with Gasteiger partial charge in [0, 0.05) is 11.6 Å². The van der Waals surface area contributed by atoms with Crippen molar-refractivity contribution in [3.05, 3.63) is 95.1 Å². The second-order valence-corrected chi connectivity index (χ2v) is 8.63. The minimum Gasteiger partial charge on any atom is -0.494 e. The van der Waals surface area contributed by atoms with E-state index >= 15 is 0 Å². The van der Waals surface area contributed by atoms with Crippen LogP contribution in [0.4, 0.5) is 5.13 Å². The summed E-state index contributed by atoms with van der Waals surface area (Å²) in [4.78, 5) is 19.9. The molecule has 5 rings (SSSR count). The van der Waals surface area contributed by atoms with E-state index in [1.54, 1.807) is 30.2 Å². The quantitative estimate of drug-likeness (QED) is 0.282. The summed E-state index contributed by atoms with van der Waals surface area (Å²) < 4.78 is 11.7. The van der Waals surface area contributed by atoms with Crippen LogP contribution in [0.15, 0.2) is 83.4 Å². The average Bonchev–Trinajstić information content (AvgIpc) is 3.52. The van der Waals surface area contributed by atoms with Gasteiger partial charge in [-0.25, -0.2) is 4.98 Å². The van der Waals surface area contributed by atoms with Gasteiger partial charge in [0.2, 0.25) is 0 Å². The molecule has 0 spiro atoms. The number of fused-ring (bicyclic) bond motifs is 1. The van der Waals surface area contributed by atoms with Gasteiger partial charge in [0.15, 0.2) is 16.6 Å². The van der Waals surface area contributed by atoms with Crippen LogP contribution in [0.5, 0.6) is 5.75 Å². The first kappa shape index (κ1) is 21.2. The summed E-state index contributed by atoms with van der Waals surface area (Å²) in [6.45, 7) is 0.312. The van der Waals surface area contributed by atoms with E-state index in [9.17, 15) is 4.79 Å². The minimum absolute atomic E-state index is 0.196. The molecule has 0 saturated heterocycles. The predicted octanol–water partition coefficient (Wildman–Crippen LogP) is 6.46. The highest BCUT2D eigenvalue weighted by atomic mass is 35.5. The molecule has 0 N–H and O–H groups in total. The first-order chi connectivity index (χ1) is 16.1. The van der Waals surface area contributed by atoms with Crippen LogP contribution < -0.4 is 9.64 Å². The molecule has 6 nitrogen and oxygen atoms in total. The maximum atomic E-state index is 13.6. The Morgan fingerprint density at radius 3 is 2.52 bits per heavy atom. The minimum atomic E-state index is -0.320. The van der Waals surface area contributed by atoms with Crippen LogP contribution in [0.3, 0.4) is 0 Å². The number of anilines is 1. The highest BCUT2D eigenvalue weighted by molar-refractivity contribution is 7.23. The lowest BCUT2D eigenvalue weighted by Gasteiger charge is -2.18. The molecule has 0 aliphatic heterocycles. The molecule has 0 aliphatic rings. The molecule has 5 aromatic rings. The predicted molar refractivity (Wildman–Crippen MR) is 130 cm³/mol. The fraction of sp³-hybridized carbons (Fsp3) is 0.0800. The lowest BCUT2D eigenvalue weighted by molar-refractivity contribution is 0.0976. The molecule has 8 heteroatoms. The van der Waals surface area contributed by atoms with Gasteiger partial charge in [0.1, 0.15) is 11.3 Å². The normalized spacial score (nSPS) is 11.0. The van der Waals surface area contributed by atoms with Gasteiger partial charge < -0.3 is 9.26 Å². The molecule has 164 valence electrons. The third-order valence-corrected chi connectivity index (χ3v) is 6.65. The van der Waals surface area contributed by atoms with E-state index in [0.29, 0.717) is 33.7 Å². The Kier molecular flexibility index (Phi) is 5.81. The van der Waals surface area contributed by atoms with Crippen molar-refractivity contribution in [1.82, 2.24) is 10.1 Å². The first-order valence-corrected chi connectivity index (χ1v) is 11.3. The number of thiazole rings is 1. The Balaban J connectivity index is 1.57. The van der Waals surface area contributed by atoms with Crippen molar-refractivity contribution in [3.63, 3.8) is 0 Å². The summed E-state index contributed by atoms with van der Waals surface area (Å²) in [5.41, 5.74) is 2.60. The number of halogens is 1. The Bertz CT molecular complexity index is 1420. The second kappa shape index (κ2) is 9.05. The van der Waals surface area contributed by atoms with Crippen molar-refractivity contribution < 1.29 is 14.1 Å². The van der Waals surface area contributed by atoms with Crippen molar-refractivity contribution in [2.75, 3.05) is 12.0 Å². The SMILES string of the molecule is COc1ccc(Cl)c2sc(N(Cc3ccccc3)C(=O)c3cc(-c4ccccc4)on3)nc12. The van der Waals surface area contributed by atoms with Crippen molar-refractivity contribution in [3.8, 4) is 17.1 Å². The van der Waals surface area contributed by atoms with Crippen molar-refractivity contribution in [2.24, 2.45) is 0 Å². The van der Waals surface area contributed by atoms with Gasteiger partial charge in [-0.1, -0.05) is 88.8 Å². The molecule has 0 bridgehead atoms. The van der Waals surface area contributed by atoms with E-state index in [-0.39, 0.29) is 11.6 Å². The fourth-order valence-electron chi connectivity index (χ4n) is 3.47. The zero-order chi connectivity index (χ0) is 22.8. The van der Waals surface area contributed by atoms with Gasteiger partial charge in [-0.2, -0.15) is 0 Å². The lowest BCUT2D eigenvalue weighted by atomic mass is 10.1. The van der Waals surface area contributed by atoms with E-state index in [4.69, 9.17) is 25.8 Å². The first-order valence-electron chi connectivity index (χ1n) is 10.1. The van der Waals surface area contributed by atoms with Crippen LogP contribution in [-0.4, -0.2) is 23.2 Å². The summed E-state index contributed by atoms with van der Waals surface area (Å²) in [5.74, 6) is 0.795. The lowest BCUT2D eigenvalue weighted by Crippen LogP contribution is -2.30. The topological polar surface area (TPSA) is 68.5 Å². The molecule has 0 unspecified atom stereocenters. The molecule has 0 radical (unpaired) electrons. The standard InChI is InChI=1S/C25H18ClN3O3S/c1-31-20-13-12-18(26)23-22(20)27-25(33-23)29(15-16-8-4-2-5-9-16)24(30)19-14-21(32-28-19)17-10-6-3-7-11-17/h2-14H,15H2,1H3. The van der Waals surface area contributed by atoms with Gasteiger partial charge in [-0.15, -0.1) is 0 Å². The average molecular weight is 476 g/mol. The van der Waals surface area contributed by atoms with Crippen LogP contribution in [0, 0.1) is 0 Å². The second-order valence-electron chi connectivity index (χ2n) is 7.24. The Hall–Kier alpha value is -3.68. The Labute approximate surface area is 199 Å². The number of aromatic nitrogens is 2. The fourth-order valence-corrected chi connectivity index (χ4v) is 4.72. The molecular formula is C25H18ClN3O3S. The van der Waals surface area contributed by atoms with Crippen LogP contribution >= 0.6 is 22.9 Å². The van der Waals surface area contributed by atoms with Gasteiger partial charge in [0.05, 0.1) is 23.4 Å².